The maximum atomic E-state index is 10.5. The standard InChI is InChI=1S/C6H10O2.C5H8O2.C2H6/c1-5-3-2-4-6(7)8-5;1-4-2-3-5(6)7-4;1-2/h5H,2-4H2,1H3;4H,2-3H2,1H3;1-2H3. The van der Waals surface area contributed by atoms with Gasteiger partial charge in [-0.05, 0) is 33.1 Å². The van der Waals surface area contributed by atoms with Crippen LogP contribution in [-0.2, 0) is 19.1 Å². The van der Waals surface area contributed by atoms with Crippen molar-refractivity contribution in [2.24, 2.45) is 0 Å². The molecule has 0 radical (unpaired) electrons. The first-order valence-electron chi connectivity index (χ1n) is 6.47. The molecule has 0 aromatic heterocycles. The molecule has 2 aliphatic rings. The lowest BCUT2D eigenvalue weighted by atomic mass is 10.1. The van der Waals surface area contributed by atoms with Gasteiger partial charge in [-0.25, -0.2) is 0 Å². The van der Waals surface area contributed by atoms with Gasteiger partial charge in [0.1, 0.15) is 0 Å². The van der Waals surface area contributed by atoms with E-state index in [2.05, 4.69) is 0 Å². The quantitative estimate of drug-likeness (QED) is 0.615. The van der Waals surface area contributed by atoms with Gasteiger partial charge in [0.2, 0.25) is 0 Å². The number of carbonyl (C=O) groups is 2. The Morgan fingerprint density at radius 3 is 1.59 bits per heavy atom. The number of rotatable bonds is 0. The minimum Gasteiger partial charge on any atom is -0.463 e. The summed E-state index contributed by atoms with van der Waals surface area (Å²) in [5.41, 5.74) is 0. The highest BCUT2D eigenvalue weighted by Crippen LogP contribution is 2.12. The van der Waals surface area contributed by atoms with Crippen molar-refractivity contribution in [2.45, 2.75) is 72.0 Å². The van der Waals surface area contributed by atoms with E-state index in [0.29, 0.717) is 12.8 Å². The van der Waals surface area contributed by atoms with Crippen LogP contribution in [-0.4, -0.2) is 24.1 Å². The Labute approximate surface area is 104 Å². The van der Waals surface area contributed by atoms with Gasteiger partial charge in [-0.15, -0.1) is 0 Å². The topological polar surface area (TPSA) is 52.6 Å². The normalized spacial score (nSPS) is 26.8. The van der Waals surface area contributed by atoms with E-state index >= 15 is 0 Å². The Bertz CT molecular complexity index is 238. The van der Waals surface area contributed by atoms with Crippen LogP contribution in [0.5, 0.6) is 0 Å². The number of ether oxygens (including phenoxy) is 2. The lowest BCUT2D eigenvalue weighted by Gasteiger charge is -2.17. The molecule has 2 fully saturated rings. The van der Waals surface area contributed by atoms with Crippen LogP contribution in [0.4, 0.5) is 0 Å². The summed E-state index contributed by atoms with van der Waals surface area (Å²) in [6.45, 7) is 7.84. The SMILES string of the molecule is CC.CC1CCC(=O)O1.CC1CCCC(=O)O1. The highest BCUT2D eigenvalue weighted by Gasteiger charge is 2.17. The van der Waals surface area contributed by atoms with Crippen LogP contribution in [0, 0.1) is 0 Å². The molecule has 4 nitrogen and oxygen atoms in total. The fraction of sp³-hybridized carbons (Fsp3) is 0.846. The van der Waals surface area contributed by atoms with Crippen LogP contribution in [0.1, 0.15) is 59.8 Å². The molecule has 4 heteroatoms. The number of cyclic esters (lactones) is 2. The highest BCUT2D eigenvalue weighted by atomic mass is 16.5. The van der Waals surface area contributed by atoms with E-state index in [1.165, 1.54) is 0 Å². The summed E-state index contributed by atoms with van der Waals surface area (Å²) in [4.78, 5) is 20.7. The summed E-state index contributed by atoms with van der Waals surface area (Å²) in [7, 11) is 0. The first kappa shape index (κ1) is 15.9. The van der Waals surface area contributed by atoms with Crippen molar-refractivity contribution in [1.82, 2.24) is 0 Å². The molecule has 2 atom stereocenters. The third-order valence-electron chi connectivity index (χ3n) is 2.41. The Balaban J connectivity index is 0.000000265. The third-order valence-corrected chi connectivity index (χ3v) is 2.41. The molecule has 0 amide bonds. The average Bonchev–Trinajstić information content (AvgIpc) is 2.66. The minimum atomic E-state index is -0.0486. The Morgan fingerprint density at radius 2 is 1.35 bits per heavy atom. The summed E-state index contributed by atoms with van der Waals surface area (Å²) in [6.07, 6.45) is 4.50. The number of hydrogen-bond donors (Lipinski definition) is 0. The molecule has 0 spiro atoms. The van der Waals surface area contributed by atoms with Crippen LogP contribution in [0.25, 0.3) is 0 Å². The number of carbonyl (C=O) groups excluding carboxylic acids is 2. The molecular formula is C13H24O4. The van der Waals surface area contributed by atoms with Gasteiger partial charge in [0.15, 0.2) is 0 Å². The Kier molecular flexibility index (Phi) is 8.46. The van der Waals surface area contributed by atoms with Crippen molar-refractivity contribution in [3.8, 4) is 0 Å². The second kappa shape index (κ2) is 9.02. The molecule has 2 saturated heterocycles. The first-order valence-corrected chi connectivity index (χ1v) is 6.47. The van der Waals surface area contributed by atoms with Crippen molar-refractivity contribution >= 4 is 11.9 Å². The Hall–Kier alpha value is -1.06. The van der Waals surface area contributed by atoms with Gasteiger partial charge in [-0.1, -0.05) is 13.8 Å². The molecule has 17 heavy (non-hydrogen) atoms. The summed E-state index contributed by atoms with van der Waals surface area (Å²) in [6, 6.07) is 0. The van der Waals surface area contributed by atoms with E-state index in [1.54, 1.807) is 0 Å². The van der Waals surface area contributed by atoms with Crippen LogP contribution in [0.3, 0.4) is 0 Å². The van der Waals surface area contributed by atoms with E-state index in [9.17, 15) is 9.59 Å². The molecule has 0 aromatic carbocycles. The lowest BCUT2D eigenvalue weighted by molar-refractivity contribution is -0.152. The van der Waals surface area contributed by atoms with Crippen molar-refractivity contribution < 1.29 is 19.1 Å². The molecule has 0 saturated carbocycles. The third kappa shape index (κ3) is 7.77. The zero-order valence-corrected chi connectivity index (χ0v) is 11.3. The maximum absolute atomic E-state index is 10.5. The van der Waals surface area contributed by atoms with E-state index in [4.69, 9.17) is 9.47 Å². The van der Waals surface area contributed by atoms with Gasteiger partial charge >= 0.3 is 11.9 Å². The van der Waals surface area contributed by atoms with E-state index in [-0.39, 0.29) is 24.1 Å². The molecule has 2 heterocycles. The zero-order chi connectivity index (χ0) is 13.3. The van der Waals surface area contributed by atoms with Gasteiger partial charge in [-0.2, -0.15) is 0 Å². The first-order chi connectivity index (χ1) is 8.08. The lowest BCUT2D eigenvalue weighted by Crippen LogP contribution is -2.19. The number of esters is 2. The fourth-order valence-corrected chi connectivity index (χ4v) is 1.54. The molecule has 100 valence electrons. The summed E-state index contributed by atoms with van der Waals surface area (Å²) in [5.74, 6) is -0.0868. The highest BCUT2D eigenvalue weighted by molar-refractivity contribution is 5.71. The minimum absolute atomic E-state index is 0.0382. The van der Waals surface area contributed by atoms with Crippen molar-refractivity contribution in [3.63, 3.8) is 0 Å². The second-order valence-corrected chi connectivity index (χ2v) is 4.03. The smallest absolute Gasteiger partial charge is 0.306 e. The molecule has 2 rings (SSSR count). The van der Waals surface area contributed by atoms with E-state index in [1.807, 2.05) is 27.7 Å². The van der Waals surface area contributed by atoms with Gasteiger partial charge < -0.3 is 9.47 Å². The largest absolute Gasteiger partial charge is 0.463 e. The molecule has 2 aliphatic heterocycles. The van der Waals surface area contributed by atoms with Gasteiger partial charge in [0, 0.05) is 12.8 Å². The maximum Gasteiger partial charge on any atom is 0.306 e. The van der Waals surface area contributed by atoms with Crippen molar-refractivity contribution in [3.05, 3.63) is 0 Å². The number of hydrogen-bond acceptors (Lipinski definition) is 4. The summed E-state index contributed by atoms with van der Waals surface area (Å²) in [5, 5.41) is 0. The predicted molar refractivity (Wildman–Crippen MR) is 65.5 cm³/mol. The second-order valence-electron chi connectivity index (χ2n) is 4.03. The zero-order valence-electron chi connectivity index (χ0n) is 11.3. The molecule has 0 aliphatic carbocycles. The average molecular weight is 244 g/mol. The van der Waals surface area contributed by atoms with Crippen LogP contribution in [0.15, 0.2) is 0 Å². The molecule has 2 unspecified atom stereocenters. The van der Waals surface area contributed by atoms with E-state index < -0.39 is 0 Å². The van der Waals surface area contributed by atoms with Crippen molar-refractivity contribution in [1.29, 1.82) is 0 Å². The van der Waals surface area contributed by atoms with Gasteiger partial charge in [0.25, 0.3) is 0 Å². The van der Waals surface area contributed by atoms with E-state index in [0.717, 1.165) is 19.3 Å². The predicted octanol–water partition coefficient (Wildman–Crippen LogP) is 2.84. The van der Waals surface area contributed by atoms with Gasteiger partial charge in [0.05, 0.1) is 12.2 Å². The molecule has 0 aromatic rings. The monoisotopic (exact) mass is 244 g/mol. The summed E-state index contributed by atoms with van der Waals surface area (Å²) < 4.78 is 9.57. The molecule has 0 bridgehead atoms. The van der Waals surface area contributed by atoms with Crippen LogP contribution < -0.4 is 0 Å². The molecular weight excluding hydrogens is 220 g/mol. The fourth-order valence-electron chi connectivity index (χ4n) is 1.54. The Morgan fingerprint density at radius 1 is 0.882 bits per heavy atom. The van der Waals surface area contributed by atoms with Crippen molar-refractivity contribution in [2.75, 3.05) is 0 Å². The molecule has 0 N–H and O–H groups in total. The van der Waals surface area contributed by atoms with Gasteiger partial charge in [-0.3, -0.25) is 9.59 Å². The summed E-state index contributed by atoms with van der Waals surface area (Å²) >= 11 is 0. The van der Waals surface area contributed by atoms with Crippen LogP contribution >= 0.6 is 0 Å². The van der Waals surface area contributed by atoms with Crippen LogP contribution in [0.2, 0.25) is 0 Å².